The number of fused-ring (bicyclic) bond motifs is 1. The maximum atomic E-state index is 13.9. The van der Waals surface area contributed by atoms with Gasteiger partial charge in [-0.3, -0.25) is 4.79 Å². The molecule has 0 radical (unpaired) electrons. The minimum absolute atomic E-state index is 0.196. The van der Waals surface area contributed by atoms with E-state index in [0.717, 1.165) is 35.1 Å². The number of nitrogens with zero attached hydrogens (tertiary/aromatic N) is 1. The molecule has 4 rings (SSSR count). The van der Waals surface area contributed by atoms with Crippen LogP contribution in [0.5, 0.6) is 5.75 Å². The van der Waals surface area contributed by atoms with Crippen LogP contribution >= 0.6 is 0 Å². The van der Waals surface area contributed by atoms with Crippen LogP contribution in [0.15, 0.2) is 36.4 Å². The summed E-state index contributed by atoms with van der Waals surface area (Å²) in [4.78, 5) is 11.1. The van der Waals surface area contributed by atoms with Crippen molar-refractivity contribution in [2.75, 3.05) is 0 Å². The van der Waals surface area contributed by atoms with E-state index in [9.17, 15) is 14.3 Å². The molecular weight excluding hydrogens is 369 g/mol. The molecule has 1 fully saturated rings. The molecular formula is C24H26FNO3. The fraction of sp³-hybridized carbons (Fsp3) is 0.375. The zero-order valence-electron chi connectivity index (χ0n) is 16.9. The van der Waals surface area contributed by atoms with E-state index in [0.29, 0.717) is 5.56 Å². The molecule has 152 valence electrons. The van der Waals surface area contributed by atoms with E-state index in [4.69, 9.17) is 5.11 Å². The Hall–Kier alpha value is -2.82. The van der Waals surface area contributed by atoms with Crippen molar-refractivity contribution >= 4 is 16.9 Å². The molecule has 0 amide bonds. The zero-order chi connectivity index (χ0) is 20.9. The minimum Gasteiger partial charge on any atom is -0.508 e. The third-order valence-corrected chi connectivity index (χ3v) is 6.08. The van der Waals surface area contributed by atoms with Gasteiger partial charge in [0.05, 0.1) is 5.52 Å². The number of halogens is 1. The maximum Gasteiger partial charge on any atom is 0.303 e. The maximum absolute atomic E-state index is 13.9. The van der Waals surface area contributed by atoms with Gasteiger partial charge in [-0.15, -0.1) is 0 Å². The SMILES string of the molecule is Cc1cc(-n2c(C(C)C)c([C@H]3C[C@@H](CC(=O)O)C3)c3cc(O)ccc32)ccc1F. The van der Waals surface area contributed by atoms with Crippen molar-refractivity contribution < 1.29 is 19.4 Å². The normalized spacial score (nSPS) is 18.9. The highest BCUT2D eigenvalue weighted by Crippen LogP contribution is 2.50. The third-order valence-electron chi connectivity index (χ3n) is 6.08. The Balaban J connectivity index is 1.91. The van der Waals surface area contributed by atoms with E-state index in [1.54, 1.807) is 25.1 Å². The molecule has 5 heteroatoms. The molecule has 0 bridgehead atoms. The standard InChI is InChI=1S/C24H26FNO3/c1-13(2)24-23(16-9-15(10-16)11-22(28)29)19-12-18(27)5-7-21(19)26(24)17-4-6-20(25)14(3)8-17/h4-8,12-13,15-16,27H,9-11H2,1-3H3,(H,28,29)/t15-,16+. The number of hydrogen-bond acceptors (Lipinski definition) is 2. The lowest BCUT2D eigenvalue weighted by molar-refractivity contribution is -0.138. The van der Waals surface area contributed by atoms with Crippen LogP contribution in [-0.4, -0.2) is 20.7 Å². The first kappa shape index (κ1) is 19.5. The number of rotatable bonds is 5. The molecule has 0 atom stereocenters. The van der Waals surface area contributed by atoms with Crippen molar-refractivity contribution in [2.24, 2.45) is 5.92 Å². The second kappa shape index (κ2) is 7.21. The topological polar surface area (TPSA) is 62.5 Å². The second-order valence-corrected chi connectivity index (χ2v) is 8.56. The molecule has 29 heavy (non-hydrogen) atoms. The Labute approximate surface area is 169 Å². The fourth-order valence-electron chi connectivity index (χ4n) is 4.75. The monoisotopic (exact) mass is 395 g/mol. The summed E-state index contributed by atoms with van der Waals surface area (Å²) in [6, 6.07) is 10.5. The van der Waals surface area contributed by atoms with Gasteiger partial charge in [0.15, 0.2) is 0 Å². The van der Waals surface area contributed by atoms with Gasteiger partial charge in [-0.1, -0.05) is 13.8 Å². The molecule has 4 nitrogen and oxygen atoms in total. The average molecular weight is 395 g/mol. The van der Waals surface area contributed by atoms with Gasteiger partial charge in [-0.25, -0.2) is 4.39 Å². The summed E-state index contributed by atoms with van der Waals surface area (Å²) in [6.07, 6.45) is 1.88. The summed E-state index contributed by atoms with van der Waals surface area (Å²) < 4.78 is 16.1. The average Bonchev–Trinajstić information content (AvgIpc) is 2.94. The van der Waals surface area contributed by atoms with E-state index in [2.05, 4.69) is 18.4 Å². The zero-order valence-corrected chi connectivity index (χ0v) is 16.9. The number of aryl methyl sites for hydroxylation is 1. The van der Waals surface area contributed by atoms with E-state index < -0.39 is 5.97 Å². The van der Waals surface area contributed by atoms with Crippen LogP contribution in [0.25, 0.3) is 16.6 Å². The summed E-state index contributed by atoms with van der Waals surface area (Å²) in [5.41, 5.74) is 4.81. The smallest absolute Gasteiger partial charge is 0.303 e. The van der Waals surface area contributed by atoms with Crippen molar-refractivity contribution in [3.63, 3.8) is 0 Å². The number of benzene rings is 2. The molecule has 0 saturated heterocycles. The molecule has 3 aromatic rings. The van der Waals surface area contributed by atoms with Crippen LogP contribution in [-0.2, 0) is 4.79 Å². The molecule has 0 aliphatic heterocycles. The number of aromatic nitrogens is 1. The molecule has 0 unspecified atom stereocenters. The van der Waals surface area contributed by atoms with Crippen LogP contribution in [0.2, 0.25) is 0 Å². The lowest BCUT2D eigenvalue weighted by Gasteiger charge is -2.36. The molecule has 1 heterocycles. The van der Waals surface area contributed by atoms with Crippen molar-refractivity contribution in [3.05, 3.63) is 59.0 Å². The number of phenols is 1. The summed E-state index contributed by atoms with van der Waals surface area (Å²) >= 11 is 0. The number of aromatic hydroxyl groups is 1. The van der Waals surface area contributed by atoms with Crippen molar-refractivity contribution in [2.45, 2.75) is 51.9 Å². The van der Waals surface area contributed by atoms with Crippen LogP contribution in [0.4, 0.5) is 4.39 Å². The first-order chi connectivity index (χ1) is 13.8. The highest BCUT2D eigenvalue weighted by atomic mass is 19.1. The first-order valence-electron chi connectivity index (χ1n) is 10.1. The number of phenolic OH excluding ortho intramolecular Hbond substituents is 1. The molecule has 1 saturated carbocycles. The van der Waals surface area contributed by atoms with Crippen LogP contribution in [0, 0.1) is 18.7 Å². The Morgan fingerprint density at radius 2 is 1.93 bits per heavy atom. The number of carboxylic acid groups (broad SMARTS) is 1. The van der Waals surface area contributed by atoms with Crippen LogP contribution in [0.3, 0.4) is 0 Å². The molecule has 1 aliphatic carbocycles. The van der Waals surface area contributed by atoms with E-state index >= 15 is 0 Å². The van der Waals surface area contributed by atoms with Crippen LogP contribution in [0.1, 0.15) is 61.8 Å². The van der Waals surface area contributed by atoms with Gasteiger partial charge < -0.3 is 14.8 Å². The molecule has 1 aliphatic rings. The Morgan fingerprint density at radius 1 is 1.21 bits per heavy atom. The van der Waals surface area contributed by atoms with Crippen molar-refractivity contribution in [3.8, 4) is 11.4 Å². The second-order valence-electron chi connectivity index (χ2n) is 8.56. The Morgan fingerprint density at radius 3 is 2.55 bits per heavy atom. The highest BCUT2D eigenvalue weighted by molar-refractivity contribution is 5.89. The third kappa shape index (κ3) is 3.39. The predicted octanol–water partition coefficient (Wildman–Crippen LogP) is 5.88. The van der Waals surface area contributed by atoms with Crippen molar-refractivity contribution in [1.82, 2.24) is 4.57 Å². The first-order valence-corrected chi connectivity index (χ1v) is 10.1. The summed E-state index contributed by atoms with van der Waals surface area (Å²) in [7, 11) is 0. The molecule has 0 spiro atoms. The van der Waals surface area contributed by atoms with Gasteiger partial charge in [0.1, 0.15) is 11.6 Å². The molecule has 2 aromatic carbocycles. The summed E-state index contributed by atoms with van der Waals surface area (Å²) in [5, 5.41) is 20.2. The quantitative estimate of drug-likeness (QED) is 0.567. The number of carbonyl (C=O) groups is 1. The number of carboxylic acids is 1. The fourth-order valence-corrected chi connectivity index (χ4v) is 4.75. The van der Waals surface area contributed by atoms with Gasteiger partial charge in [-0.05, 0) is 85.0 Å². The van der Waals surface area contributed by atoms with Crippen molar-refractivity contribution in [1.29, 1.82) is 0 Å². The Bertz CT molecular complexity index is 1090. The van der Waals surface area contributed by atoms with Gasteiger partial charge in [0.25, 0.3) is 0 Å². The number of hydrogen-bond donors (Lipinski definition) is 2. The van der Waals surface area contributed by atoms with Crippen LogP contribution < -0.4 is 0 Å². The van der Waals surface area contributed by atoms with E-state index in [-0.39, 0.29) is 35.7 Å². The van der Waals surface area contributed by atoms with Gasteiger partial charge >= 0.3 is 5.97 Å². The van der Waals surface area contributed by atoms with E-state index in [1.807, 2.05) is 12.1 Å². The number of aliphatic carboxylic acids is 1. The lowest BCUT2D eigenvalue weighted by atomic mass is 9.69. The van der Waals surface area contributed by atoms with E-state index in [1.165, 1.54) is 11.6 Å². The van der Waals surface area contributed by atoms with Gasteiger partial charge in [0, 0.05) is 23.2 Å². The van der Waals surface area contributed by atoms with Gasteiger partial charge in [0.2, 0.25) is 0 Å². The molecule has 1 aromatic heterocycles. The Kier molecular flexibility index (Phi) is 4.85. The van der Waals surface area contributed by atoms with Gasteiger partial charge in [-0.2, -0.15) is 0 Å². The lowest BCUT2D eigenvalue weighted by Crippen LogP contribution is -2.25. The summed E-state index contributed by atoms with van der Waals surface area (Å²) in [5.74, 6) is -0.0967. The summed E-state index contributed by atoms with van der Waals surface area (Å²) in [6.45, 7) is 6.03. The minimum atomic E-state index is -0.751. The highest BCUT2D eigenvalue weighted by Gasteiger charge is 2.36. The predicted molar refractivity (Wildman–Crippen MR) is 111 cm³/mol. The molecule has 2 N–H and O–H groups in total. The largest absolute Gasteiger partial charge is 0.508 e.